The van der Waals surface area contributed by atoms with Crippen LogP contribution in [0.15, 0.2) is 53.2 Å². The number of nitrogens with two attached hydrogens (primary N) is 1. The van der Waals surface area contributed by atoms with Crippen molar-refractivity contribution < 1.29 is 9.32 Å². The molecule has 33 heavy (non-hydrogen) atoms. The van der Waals surface area contributed by atoms with Gasteiger partial charge in [0.25, 0.3) is 11.8 Å². The molecule has 1 saturated carbocycles. The zero-order valence-electron chi connectivity index (χ0n) is 17.8. The van der Waals surface area contributed by atoms with Crippen LogP contribution in [-0.4, -0.2) is 49.1 Å². The first-order valence-corrected chi connectivity index (χ1v) is 10.5. The summed E-state index contributed by atoms with van der Waals surface area (Å²) in [5.41, 5.74) is 7.45. The molecule has 1 fully saturated rings. The quantitative estimate of drug-likeness (QED) is 0.455. The van der Waals surface area contributed by atoms with Crippen molar-refractivity contribution in [1.82, 2.24) is 35.4 Å². The second kappa shape index (κ2) is 8.61. The number of hydrogen-bond acceptors (Lipinski definition) is 10. The second-order valence-electron chi connectivity index (χ2n) is 7.64. The van der Waals surface area contributed by atoms with Gasteiger partial charge in [-0.1, -0.05) is 23.4 Å². The lowest BCUT2D eigenvalue weighted by molar-refractivity contribution is 0.0912. The van der Waals surface area contributed by atoms with Crippen molar-refractivity contribution in [1.29, 1.82) is 0 Å². The van der Waals surface area contributed by atoms with E-state index < -0.39 is 0 Å². The molecule has 5 rings (SSSR count). The second-order valence-corrected chi connectivity index (χ2v) is 7.64. The molecule has 0 saturated heterocycles. The number of para-hydroxylation sites is 1. The highest BCUT2D eigenvalue weighted by atomic mass is 16.5. The molecule has 1 aliphatic carbocycles. The van der Waals surface area contributed by atoms with Gasteiger partial charge in [-0.25, -0.2) is 0 Å². The molecular weight excluding hydrogens is 422 g/mol. The highest BCUT2D eigenvalue weighted by Gasteiger charge is 2.25. The number of rotatable bonds is 6. The summed E-state index contributed by atoms with van der Waals surface area (Å²) < 4.78 is 5.43. The van der Waals surface area contributed by atoms with Crippen molar-refractivity contribution in [2.45, 2.75) is 25.3 Å². The summed E-state index contributed by atoms with van der Waals surface area (Å²) in [4.78, 5) is 35.9. The van der Waals surface area contributed by atoms with Gasteiger partial charge >= 0.3 is 0 Å². The molecule has 3 N–H and O–H groups in total. The van der Waals surface area contributed by atoms with Crippen LogP contribution in [0.25, 0.3) is 23.1 Å². The van der Waals surface area contributed by atoms with Gasteiger partial charge in [0.1, 0.15) is 5.69 Å². The van der Waals surface area contributed by atoms with Gasteiger partial charge in [-0.15, -0.1) is 0 Å². The third kappa shape index (κ3) is 4.20. The van der Waals surface area contributed by atoms with Crippen LogP contribution >= 0.6 is 0 Å². The molecule has 0 spiro atoms. The summed E-state index contributed by atoms with van der Waals surface area (Å²) in [7, 11) is 1.82. The van der Waals surface area contributed by atoms with E-state index in [0.29, 0.717) is 11.5 Å². The van der Waals surface area contributed by atoms with E-state index in [1.54, 1.807) is 23.2 Å². The molecule has 1 aliphatic rings. The lowest BCUT2D eigenvalue weighted by Crippen LogP contribution is -2.40. The smallest absolute Gasteiger partial charge is 0.270 e. The van der Waals surface area contributed by atoms with E-state index in [1.165, 1.54) is 0 Å². The minimum Gasteiger partial charge on any atom is -0.368 e. The Balaban J connectivity index is 1.45. The molecular formula is C22H21N9O2. The number of carbonyl (C=O) groups is 1. The van der Waals surface area contributed by atoms with Crippen LogP contribution in [0.5, 0.6) is 0 Å². The van der Waals surface area contributed by atoms with Crippen LogP contribution in [0.1, 0.15) is 29.8 Å². The van der Waals surface area contributed by atoms with Crippen LogP contribution < -0.4 is 16.0 Å². The lowest BCUT2D eigenvalue weighted by atomic mass is 9.93. The number of carbonyl (C=O) groups excluding carboxylic acids is 1. The number of nitrogens with zero attached hydrogens (tertiary/aromatic N) is 7. The normalized spacial score (nSPS) is 13.4. The Hall–Kier alpha value is -4.41. The zero-order valence-corrected chi connectivity index (χ0v) is 17.8. The van der Waals surface area contributed by atoms with Gasteiger partial charge in [-0.3, -0.25) is 9.78 Å². The number of nitrogens with one attached hydrogen (secondary N) is 1. The van der Waals surface area contributed by atoms with E-state index in [2.05, 4.69) is 35.4 Å². The fourth-order valence-electron chi connectivity index (χ4n) is 3.39. The van der Waals surface area contributed by atoms with Crippen molar-refractivity contribution in [2.75, 3.05) is 17.7 Å². The van der Waals surface area contributed by atoms with Crippen LogP contribution in [0.3, 0.4) is 0 Å². The number of nitrogen functional groups attached to an aromatic ring is 1. The third-order valence-corrected chi connectivity index (χ3v) is 5.40. The Morgan fingerprint density at radius 3 is 2.64 bits per heavy atom. The molecule has 4 aromatic rings. The summed E-state index contributed by atoms with van der Waals surface area (Å²) in [5, 5.41) is 6.97. The maximum atomic E-state index is 12.7. The zero-order chi connectivity index (χ0) is 22.8. The number of pyridine rings is 1. The first-order chi connectivity index (χ1) is 16.1. The fraction of sp³-hybridized carbons (Fsp3) is 0.227. The number of hydrogen-bond donors (Lipinski definition) is 2. The highest BCUT2D eigenvalue weighted by molar-refractivity contribution is 5.98. The molecule has 11 heteroatoms. The van der Waals surface area contributed by atoms with Gasteiger partial charge in [-0.05, 0) is 43.5 Å². The standard InChI is InChI=1S/C22H21N9O2/c1-31(14-9-3-2-4-10-14)22-28-17(27-21(23)29-22)18-26-20(33-30-18)15-11-6-12-24-16(15)19(32)25-13-7-5-8-13/h2-4,6,9-13H,5,7-8H2,1H3,(H,25,32)(H2,23,27,28,29). The van der Waals surface area contributed by atoms with Crippen molar-refractivity contribution >= 4 is 23.5 Å². The molecule has 0 atom stereocenters. The topological polar surface area (TPSA) is 149 Å². The van der Waals surface area contributed by atoms with E-state index in [1.807, 2.05) is 37.4 Å². The molecule has 0 aliphatic heterocycles. The van der Waals surface area contributed by atoms with Gasteiger partial charge in [-0.2, -0.15) is 19.9 Å². The maximum absolute atomic E-state index is 12.7. The average molecular weight is 443 g/mol. The van der Waals surface area contributed by atoms with E-state index in [-0.39, 0.29) is 41.1 Å². The molecule has 1 aromatic carbocycles. The number of benzene rings is 1. The van der Waals surface area contributed by atoms with Crippen LogP contribution in [-0.2, 0) is 0 Å². The van der Waals surface area contributed by atoms with Gasteiger partial charge < -0.3 is 20.5 Å². The molecule has 166 valence electrons. The van der Waals surface area contributed by atoms with Gasteiger partial charge in [0.15, 0.2) is 0 Å². The monoisotopic (exact) mass is 443 g/mol. The largest absolute Gasteiger partial charge is 0.368 e. The summed E-state index contributed by atoms with van der Waals surface area (Å²) in [5.74, 6) is 0.485. The van der Waals surface area contributed by atoms with E-state index in [9.17, 15) is 4.79 Å². The first-order valence-electron chi connectivity index (χ1n) is 10.5. The van der Waals surface area contributed by atoms with E-state index in [4.69, 9.17) is 10.3 Å². The molecule has 0 unspecified atom stereocenters. The van der Waals surface area contributed by atoms with Crippen molar-refractivity contribution in [3.63, 3.8) is 0 Å². The summed E-state index contributed by atoms with van der Waals surface area (Å²) >= 11 is 0. The fourth-order valence-corrected chi connectivity index (χ4v) is 3.39. The maximum Gasteiger partial charge on any atom is 0.270 e. The predicted molar refractivity (Wildman–Crippen MR) is 120 cm³/mol. The van der Waals surface area contributed by atoms with E-state index in [0.717, 1.165) is 24.9 Å². The number of amides is 1. The van der Waals surface area contributed by atoms with Crippen molar-refractivity contribution in [2.24, 2.45) is 0 Å². The van der Waals surface area contributed by atoms with Gasteiger partial charge in [0.2, 0.25) is 23.5 Å². The Labute approximate surface area is 189 Å². The molecule has 0 radical (unpaired) electrons. The van der Waals surface area contributed by atoms with Crippen LogP contribution in [0, 0.1) is 0 Å². The van der Waals surface area contributed by atoms with Gasteiger partial charge in [0.05, 0.1) is 5.56 Å². The Bertz CT molecular complexity index is 1290. The summed E-state index contributed by atoms with van der Waals surface area (Å²) in [6.07, 6.45) is 4.61. The Morgan fingerprint density at radius 2 is 1.88 bits per heavy atom. The molecule has 3 heterocycles. The molecule has 0 bridgehead atoms. The Kier molecular flexibility index (Phi) is 5.35. The van der Waals surface area contributed by atoms with Crippen LogP contribution in [0.4, 0.5) is 17.6 Å². The molecule has 1 amide bonds. The highest BCUT2D eigenvalue weighted by Crippen LogP contribution is 2.26. The Morgan fingerprint density at radius 1 is 1.06 bits per heavy atom. The SMILES string of the molecule is CN(c1ccccc1)c1nc(N)nc(-c2noc(-c3cccnc3C(=O)NC3CCC3)n2)n1. The van der Waals surface area contributed by atoms with Crippen LogP contribution in [0.2, 0.25) is 0 Å². The predicted octanol–water partition coefficient (Wildman–Crippen LogP) is 2.62. The average Bonchev–Trinajstić information content (AvgIpc) is 3.31. The summed E-state index contributed by atoms with van der Waals surface area (Å²) in [6, 6.07) is 13.2. The van der Waals surface area contributed by atoms with Gasteiger partial charge in [0, 0.05) is 25.0 Å². The van der Waals surface area contributed by atoms with Crippen molar-refractivity contribution in [3.05, 3.63) is 54.4 Å². The molecule has 3 aromatic heterocycles. The first kappa shape index (κ1) is 20.5. The van der Waals surface area contributed by atoms with Crippen molar-refractivity contribution in [3.8, 4) is 23.1 Å². The van der Waals surface area contributed by atoms with E-state index >= 15 is 0 Å². The lowest BCUT2D eigenvalue weighted by Gasteiger charge is -2.26. The number of anilines is 3. The third-order valence-electron chi connectivity index (χ3n) is 5.40. The minimum atomic E-state index is -0.272. The minimum absolute atomic E-state index is 0.0195. The number of aromatic nitrogens is 6. The summed E-state index contributed by atoms with van der Waals surface area (Å²) in [6.45, 7) is 0. The molecule has 11 nitrogen and oxygen atoms in total.